The van der Waals surface area contributed by atoms with Crippen LogP contribution in [0.4, 0.5) is 0 Å². The first-order chi connectivity index (χ1) is 7.70. The van der Waals surface area contributed by atoms with Crippen LogP contribution in [0.1, 0.15) is 40.0 Å². The van der Waals surface area contributed by atoms with E-state index in [9.17, 15) is 0 Å². The number of rotatable bonds is 4. The molecule has 0 aromatic heterocycles. The summed E-state index contributed by atoms with van der Waals surface area (Å²) < 4.78 is 0. The summed E-state index contributed by atoms with van der Waals surface area (Å²) >= 11 is 0. The predicted octanol–water partition coefficient (Wildman–Crippen LogP) is 4.59. The molecule has 1 heteroatoms. The lowest BCUT2D eigenvalue weighted by atomic mass is 9.89. The van der Waals surface area contributed by atoms with Crippen molar-refractivity contribution in [3.8, 4) is 0 Å². The van der Waals surface area contributed by atoms with E-state index >= 15 is 0 Å². The Kier molecular flexibility index (Phi) is 4.97. The fourth-order valence-electron chi connectivity index (χ4n) is 2.05. The lowest BCUT2D eigenvalue weighted by molar-refractivity contribution is 0.893. The summed E-state index contributed by atoms with van der Waals surface area (Å²) in [5.41, 5.74) is 5.07. The number of allylic oxidation sites excluding steroid dienone is 6. The predicted molar refractivity (Wildman–Crippen MR) is 72.8 cm³/mol. The van der Waals surface area contributed by atoms with Gasteiger partial charge in [-0.3, -0.25) is 4.99 Å². The number of hydrogen-bond acceptors (Lipinski definition) is 1. The highest BCUT2D eigenvalue weighted by molar-refractivity contribution is 5.72. The summed E-state index contributed by atoms with van der Waals surface area (Å²) in [5.74, 6) is 0. The molecule has 1 aliphatic rings. The fourth-order valence-corrected chi connectivity index (χ4v) is 2.05. The van der Waals surface area contributed by atoms with Crippen LogP contribution in [0, 0.1) is 0 Å². The summed E-state index contributed by atoms with van der Waals surface area (Å²) in [7, 11) is 0. The SMILES string of the molecule is C=C(/N=C\C=C/C)C1=C(CC)C(C)=CCC1. The Labute approximate surface area is 99.0 Å². The Morgan fingerprint density at radius 1 is 1.56 bits per heavy atom. The molecular weight excluding hydrogens is 194 g/mol. The average Bonchev–Trinajstić information content (AvgIpc) is 2.29. The Bertz CT molecular complexity index is 378. The smallest absolute Gasteiger partial charge is 0.0592 e. The Balaban J connectivity index is 2.92. The van der Waals surface area contributed by atoms with Crippen molar-refractivity contribution < 1.29 is 0 Å². The molecule has 0 aliphatic heterocycles. The zero-order chi connectivity index (χ0) is 12.0. The second-order valence-corrected chi connectivity index (χ2v) is 3.99. The molecule has 0 heterocycles. The van der Waals surface area contributed by atoms with Gasteiger partial charge in [-0.15, -0.1) is 0 Å². The Morgan fingerprint density at radius 3 is 2.94 bits per heavy atom. The molecule has 0 fully saturated rings. The second-order valence-electron chi connectivity index (χ2n) is 3.99. The summed E-state index contributed by atoms with van der Waals surface area (Å²) in [4.78, 5) is 4.38. The van der Waals surface area contributed by atoms with Crippen molar-refractivity contribution in [3.63, 3.8) is 0 Å². The zero-order valence-corrected chi connectivity index (χ0v) is 10.6. The van der Waals surface area contributed by atoms with E-state index in [1.165, 1.54) is 16.7 Å². The minimum atomic E-state index is 0.919. The largest absolute Gasteiger partial charge is 0.257 e. The summed E-state index contributed by atoms with van der Waals surface area (Å²) in [6.45, 7) is 10.4. The molecule has 0 spiro atoms. The third kappa shape index (κ3) is 3.06. The third-order valence-electron chi connectivity index (χ3n) is 2.90. The molecule has 0 bridgehead atoms. The molecule has 0 aromatic rings. The van der Waals surface area contributed by atoms with Gasteiger partial charge in [0.1, 0.15) is 0 Å². The molecular formula is C15H21N. The maximum Gasteiger partial charge on any atom is 0.0592 e. The third-order valence-corrected chi connectivity index (χ3v) is 2.90. The molecule has 0 aromatic carbocycles. The van der Waals surface area contributed by atoms with E-state index in [2.05, 4.69) is 31.5 Å². The normalized spacial score (nSPS) is 17.3. The van der Waals surface area contributed by atoms with E-state index < -0.39 is 0 Å². The molecule has 16 heavy (non-hydrogen) atoms. The minimum Gasteiger partial charge on any atom is -0.257 e. The molecule has 1 nitrogen and oxygen atoms in total. The maximum atomic E-state index is 4.38. The average molecular weight is 215 g/mol. The van der Waals surface area contributed by atoms with E-state index in [1.54, 1.807) is 0 Å². The summed E-state index contributed by atoms with van der Waals surface area (Å²) in [6, 6.07) is 0. The highest BCUT2D eigenvalue weighted by atomic mass is 14.7. The van der Waals surface area contributed by atoms with Crippen molar-refractivity contribution in [2.75, 3.05) is 0 Å². The van der Waals surface area contributed by atoms with Gasteiger partial charge in [-0.2, -0.15) is 0 Å². The number of hydrogen-bond donors (Lipinski definition) is 0. The monoisotopic (exact) mass is 215 g/mol. The molecule has 0 saturated heterocycles. The van der Waals surface area contributed by atoms with Crippen molar-refractivity contribution in [2.45, 2.75) is 40.0 Å². The van der Waals surface area contributed by atoms with E-state index in [0.717, 1.165) is 25.0 Å². The van der Waals surface area contributed by atoms with E-state index in [4.69, 9.17) is 0 Å². The van der Waals surface area contributed by atoms with Gasteiger partial charge >= 0.3 is 0 Å². The second kappa shape index (κ2) is 6.26. The summed E-state index contributed by atoms with van der Waals surface area (Å²) in [5, 5.41) is 0. The van der Waals surface area contributed by atoms with E-state index in [-0.39, 0.29) is 0 Å². The first-order valence-corrected chi connectivity index (χ1v) is 5.94. The first-order valence-electron chi connectivity index (χ1n) is 5.94. The van der Waals surface area contributed by atoms with Gasteiger partial charge in [0.05, 0.1) is 5.70 Å². The molecule has 1 rings (SSSR count). The highest BCUT2D eigenvalue weighted by Gasteiger charge is 2.13. The van der Waals surface area contributed by atoms with Crippen LogP contribution in [0.25, 0.3) is 0 Å². The zero-order valence-electron chi connectivity index (χ0n) is 10.6. The van der Waals surface area contributed by atoms with Crippen LogP contribution < -0.4 is 0 Å². The Morgan fingerprint density at radius 2 is 2.31 bits per heavy atom. The quantitative estimate of drug-likeness (QED) is 0.608. The van der Waals surface area contributed by atoms with Gasteiger partial charge in [0, 0.05) is 6.21 Å². The highest BCUT2D eigenvalue weighted by Crippen LogP contribution is 2.31. The number of aliphatic imine (C=N–C) groups is 1. The van der Waals surface area contributed by atoms with Crippen LogP contribution in [-0.4, -0.2) is 6.21 Å². The lowest BCUT2D eigenvalue weighted by Crippen LogP contribution is -2.00. The molecule has 0 atom stereocenters. The van der Waals surface area contributed by atoms with Gasteiger partial charge in [0.15, 0.2) is 0 Å². The summed E-state index contributed by atoms with van der Waals surface area (Å²) in [6.07, 6.45) is 11.3. The maximum absolute atomic E-state index is 4.38. The van der Waals surface area contributed by atoms with Crippen LogP contribution in [0.3, 0.4) is 0 Å². The van der Waals surface area contributed by atoms with Gasteiger partial charge in [0.2, 0.25) is 0 Å². The van der Waals surface area contributed by atoms with Gasteiger partial charge in [0.25, 0.3) is 0 Å². The van der Waals surface area contributed by atoms with Crippen LogP contribution in [0.15, 0.2) is 52.2 Å². The topological polar surface area (TPSA) is 12.4 Å². The molecule has 0 radical (unpaired) electrons. The molecule has 86 valence electrons. The standard InChI is InChI=1S/C15H21N/c1-5-7-11-16-13(4)15-10-8-9-12(3)14(15)6-2/h5,7,9,11H,4,6,8,10H2,1-3H3/b7-5-,16-11-. The van der Waals surface area contributed by atoms with E-state index in [0.29, 0.717) is 0 Å². The van der Waals surface area contributed by atoms with Crippen molar-refractivity contribution in [1.82, 2.24) is 0 Å². The van der Waals surface area contributed by atoms with Gasteiger partial charge in [-0.1, -0.05) is 31.2 Å². The van der Waals surface area contributed by atoms with Crippen molar-refractivity contribution in [1.29, 1.82) is 0 Å². The molecule has 1 aliphatic carbocycles. The van der Waals surface area contributed by atoms with Gasteiger partial charge < -0.3 is 0 Å². The van der Waals surface area contributed by atoms with Crippen LogP contribution in [0.2, 0.25) is 0 Å². The molecule has 0 saturated carbocycles. The minimum absolute atomic E-state index is 0.919. The van der Waals surface area contributed by atoms with Crippen LogP contribution in [0.5, 0.6) is 0 Å². The van der Waals surface area contributed by atoms with Crippen molar-refractivity contribution in [3.05, 3.63) is 47.2 Å². The molecule has 0 amide bonds. The van der Waals surface area contributed by atoms with Crippen LogP contribution >= 0.6 is 0 Å². The van der Waals surface area contributed by atoms with Gasteiger partial charge in [-0.25, -0.2) is 0 Å². The first kappa shape index (κ1) is 12.7. The van der Waals surface area contributed by atoms with E-state index in [1.807, 2.05) is 25.3 Å². The molecule has 0 unspecified atom stereocenters. The van der Waals surface area contributed by atoms with Crippen LogP contribution in [-0.2, 0) is 0 Å². The fraction of sp³-hybridized carbons (Fsp3) is 0.400. The van der Waals surface area contributed by atoms with Crippen molar-refractivity contribution >= 4 is 6.21 Å². The van der Waals surface area contributed by atoms with Gasteiger partial charge in [-0.05, 0) is 50.3 Å². The molecule has 0 N–H and O–H groups in total. The lowest BCUT2D eigenvalue weighted by Gasteiger charge is -2.18. The number of nitrogens with zero attached hydrogens (tertiary/aromatic N) is 1. The Hall–Kier alpha value is -1.37. The van der Waals surface area contributed by atoms with Crippen molar-refractivity contribution in [2.24, 2.45) is 4.99 Å².